The molecule has 0 saturated carbocycles. The predicted molar refractivity (Wildman–Crippen MR) is 94.5 cm³/mol. The summed E-state index contributed by atoms with van der Waals surface area (Å²) in [6.45, 7) is 8.19. The molecule has 0 bridgehead atoms. The maximum absolute atomic E-state index is 12.6. The average Bonchev–Trinajstić information content (AvgIpc) is 3.30. The van der Waals surface area contributed by atoms with Gasteiger partial charge in [-0.15, -0.1) is 0 Å². The van der Waals surface area contributed by atoms with Crippen molar-refractivity contribution in [2.45, 2.75) is 37.8 Å². The molecule has 0 unspecified atom stereocenters. The second-order valence-corrected chi connectivity index (χ2v) is 7.40. The summed E-state index contributed by atoms with van der Waals surface area (Å²) in [5.74, 6) is 0.0553. The Morgan fingerprint density at radius 3 is 2.80 bits per heavy atom. The van der Waals surface area contributed by atoms with Gasteiger partial charge in [0.15, 0.2) is 0 Å². The van der Waals surface area contributed by atoms with Gasteiger partial charge >= 0.3 is 0 Å². The second-order valence-electron chi connectivity index (χ2n) is 7.40. The molecule has 25 heavy (non-hydrogen) atoms. The number of rotatable bonds is 4. The van der Waals surface area contributed by atoms with Crippen molar-refractivity contribution in [2.24, 2.45) is 0 Å². The molecule has 1 aromatic rings. The fourth-order valence-electron chi connectivity index (χ4n) is 4.46. The van der Waals surface area contributed by atoms with Crippen LogP contribution in [0.1, 0.15) is 36.2 Å². The van der Waals surface area contributed by atoms with Crippen molar-refractivity contribution < 1.29 is 9.53 Å². The zero-order valence-electron chi connectivity index (χ0n) is 14.9. The number of amides is 1. The van der Waals surface area contributed by atoms with Crippen molar-refractivity contribution in [2.75, 3.05) is 52.4 Å². The van der Waals surface area contributed by atoms with Gasteiger partial charge in [-0.25, -0.2) is 0 Å². The van der Waals surface area contributed by atoms with E-state index in [4.69, 9.17) is 4.74 Å². The van der Waals surface area contributed by atoms with Gasteiger partial charge in [0.05, 0.1) is 12.7 Å². The SMILES string of the molecule is O=C(c1ccn[nH]1)N1CC[C@@H]2OCCN(CCN3CCCC3)[C@H]2CC1. The number of H-pyrrole nitrogens is 1. The third-order valence-electron chi connectivity index (χ3n) is 5.91. The topological polar surface area (TPSA) is 64.7 Å². The number of hydrogen-bond donors (Lipinski definition) is 1. The van der Waals surface area contributed by atoms with Crippen LogP contribution in [0.25, 0.3) is 0 Å². The minimum atomic E-state index is 0.0553. The van der Waals surface area contributed by atoms with Crippen LogP contribution in [-0.4, -0.2) is 95.4 Å². The van der Waals surface area contributed by atoms with E-state index in [1.807, 2.05) is 4.90 Å². The van der Waals surface area contributed by atoms with Gasteiger partial charge in [-0.05, 0) is 44.8 Å². The summed E-state index contributed by atoms with van der Waals surface area (Å²) in [4.78, 5) is 19.7. The number of likely N-dealkylation sites (tertiary alicyclic amines) is 2. The summed E-state index contributed by atoms with van der Waals surface area (Å²) in [5, 5.41) is 6.69. The smallest absolute Gasteiger partial charge is 0.271 e. The Kier molecular flexibility index (Phi) is 5.33. The van der Waals surface area contributed by atoms with E-state index in [9.17, 15) is 4.79 Å². The van der Waals surface area contributed by atoms with Gasteiger partial charge in [-0.3, -0.25) is 14.8 Å². The highest BCUT2D eigenvalue weighted by atomic mass is 16.5. The largest absolute Gasteiger partial charge is 0.375 e. The van der Waals surface area contributed by atoms with E-state index in [1.165, 1.54) is 32.5 Å². The van der Waals surface area contributed by atoms with E-state index >= 15 is 0 Å². The molecule has 0 radical (unpaired) electrons. The maximum Gasteiger partial charge on any atom is 0.271 e. The lowest BCUT2D eigenvalue weighted by molar-refractivity contribution is -0.0727. The number of nitrogens with zero attached hydrogens (tertiary/aromatic N) is 4. The Bertz CT molecular complexity index is 558. The number of ether oxygens (including phenoxy) is 1. The van der Waals surface area contributed by atoms with Gasteiger partial charge in [0.1, 0.15) is 5.69 Å². The monoisotopic (exact) mass is 347 g/mol. The number of aromatic amines is 1. The summed E-state index contributed by atoms with van der Waals surface area (Å²) in [5.41, 5.74) is 0.580. The Morgan fingerprint density at radius 1 is 1.16 bits per heavy atom. The van der Waals surface area contributed by atoms with Crippen molar-refractivity contribution in [3.05, 3.63) is 18.0 Å². The second kappa shape index (κ2) is 7.85. The molecule has 4 heterocycles. The first-order valence-corrected chi connectivity index (χ1v) is 9.68. The lowest BCUT2D eigenvalue weighted by atomic mass is 10.0. The van der Waals surface area contributed by atoms with Gasteiger partial charge in [0.2, 0.25) is 0 Å². The first kappa shape index (κ1) is 17.0. The summed E-state index contributed by atoms with van der Waals surface area (Å²) in [6, 6.07) is 2.19. The third kappa shape index (κ3) is 3.88. The Balaban J connectivity index is 1.36. The van der Waals surface area contributed by atoms with E-state index in [2.05, 4.69) is 20.0 Å². The Hall–Kier alpha value is -1.44. The van der Waals surface area contributed by atoms with E-state index in [0.29, 0.717) is 11.7 Å². The number of nitrogens with one attached hydrogen (secondary N) is 1. The van der Waals surface area contributed by atoms with Gasteiger partial charge in [-0.1, -0.05) is 0 Å². The van der Waals surface area contributed by atoms with Gasteiger partial charge < -0.3 is 14.5 Å². The number of morpholine rings is 1. The van der Waals surface area contributed by atoms with Crippen LogP contribution in [0.15, 0.2) is 12.3 Å². The van der Waals surface area contributed by atoms with Crippen molar-refractivity contribution in [3.8, 4) is 0 Å². The molecule has 138 valence electrons. The highest BCUT2D eigenvalue weighted by Gasteiger charge is 2.36. The van der Waals surface area contributed by atoms with Crippen LogP contribution in [0.4, 0.5) is 0 Å². The van der Waals surface area contributed by atoms with Crippen LogP contribution in [-0.2, 0) is 4.74 Å². The van der Waals surface area contributed by atoms with E-state index < -0.39 is 0 Å². The highest BCUT2D eigenvalue weighted by molar-refractivity contribution is 5.92. The summed E-state index contributed by atoms with van der Waals surface area (Å²) in [6.07, 6.45) is 6.50. The molecular formula is C18H29N5O2. The molecule has 7 heteroatoms. The molecule has 0 aromatic carbocycles. The first-order valence-electron chi connectivity index (χ1n) is 9.68. The van der Waals surface area contributed by atoms with Gasteiger partial charge in [-0.2, -0.15) is 5.10 Å². The molecule has 0 aliphatic carbocycles. The standard InChI is InChI=1S/C18H29N5O2/c24-18(15-3-6-19-20-15)23-9-4-16-17(5-10-23)25-14-13-22(16)12-11-21-7-1-2-8-21/h3,6,16-17H,1-2,4-5,7-14H2,(H,19,20)/t16-,17-/m0/s1. The fourth-order valence-corrected chi connectivity index (χ4v) is 4.46. The highest BCUT2D eigenvalue weighted by Crippen LogP contribution is 2.24. The Morgan fingerprint density at radius 2 is 2.00 bits per heavy atom. The van der Waals surface area contributed by atoms with Crippen LogP contribution < -0.4 is 0 Å². The summed E-state index contributed by atoms with van der Waals surface area (Å²) in [7, 11) is 0. The molecule has 3 aliphatic heterocycles. The molecule has 1 amide bonds. The number of fused-ring (bicyclic) bond motifs is 1. The van der Waals surface area contributed by atoms with Crippen molar-refractivity contribution >= 4 is 5.91 Å². The number of aromatic nitrogens is 2. The number of hydrogen-bond acceptors (Lipinski definition) is 5. The molecule has 2 atom stereocenters. The summed E-state index contributed by atoms with van der Waals surface area (Å²) < 4.78 is 6.07. The van der Waals surface area contributed by atoms with Crippen LogP contribution in [0.5, 0.6) is 0 Å². The lowest BCUT2D eigenvalue weighted by Gasteiger charge is -2.41. The zero-order chi connectivity index (χ0) is 17.1. The van der Waals surface area contributed by atoms with Crippen LogP contribution >= 0.6 is 0 Å². The minimum absolute atomic E-state index is 0.0553. The van der Waals surface area contributed by atoms with Crippen LogP contribution in [0.2, 0.25) is 0 Å². The summed E-state index contributed by atoms with van der Waals surface area (Å²) >= 11 is 0. The third-order valence-corrected chi connectivity index (χ3v) is 5.91. The van der Waals surface area contributed by atoms with Gasteiger partial charge in [0, 0.05) is 45.0 Å². The Labute approximate surface area is 149 Å². The number of carbonyl (C=O) groups excluding carboxylic acids is 1. The maximum atomic E-state index is 12.6. The van der Waals surface area contributed by atoms with Crippen molar-refractivity contribution in [1.29, 1.82) is 0 Å². The van der Waals surface area contributed by atoms with E-state index in [0.717, 1.165) is 45.6 Å². The van der Waals surface area contributed by atoms with Crippen LogP contribution in [0.3, 0.4) is 0 Å². The molecule has 0 spiro atoms. The van der Waals surface area contributed by atoms with Gasteiger partial charge in [0.25, 0.3) is 5.91 Å². The first-order chi connectivity index (χ1) is 12.3. The predicted octanol–water partition coefficient (Wildman–Crippen LogP) is 0.811. The molecule has 4 rings (SSSR count). The quantitative estimate of drug-likeness (QED) is 0.873. The van der Waals surface area contributed by atoms with E-state index in [-0.39, 0.29) is 12.0 Å². The fraction of sp³-hybridized carbons (Fsp3) is 0.778. The lowest BCUT2D eigenvalue weighted by Crippen LogP contribution is -2.53. The van der Waals surface area contributed by atoms with Crippen molar-refractivity contribution in [3.63, 3.8) is 0 Å². The molecule has 1 aromatic heterocycles. The molecule has 3 aliphatic rings. The normalized spacial score (nSPS) is 28.7. The molecule has 3 fully saturated rings. The molecule has 7 nitrogen and oxygen atoms in total. The molecule has 3 saturated heterocycles. The zero-order valence-corrected chi connectivity index (χ0v) is 14.9. The molecule has 1 N–H and O–H groups in total. The number of carbonyl (C=O) groups is 1. The van der Waals surface area contributed by atoms with E-state index in [1.54, 1.807) is 12.3 Å². The molecular weight excluding hydrogens is 318 g/mol. The average molecular weight is 347 g/mol. The minimum Gasteiger partial charge on any atom is -0.375 e. The van der Waals surface area contributed by atoms with Crippen molar-refractivity contribution in [1.82, 2.24) is 24.9 Å². The van der Waals surface area contributed by atoms with Crippen LogP contribution in [0, 0.1) is 0 Å².